The lowest BCUT2D eigenvalue weighted by Crippen LogP contribution is -2.35. The largest absolute Gasteiger partial charge is 0.470 e. The Morgan fingerprint density at radius 1 is 1.29 bits per heavy atom. The van der Waals surface area contributed by atoms with Crippen molar-refractivity contribution in [2.45, 2.75) is 24.5 Å². The summed E-state index contributed by atoms with van der Waals surface area (Å²) in [7, 11) is -10.1. The van der Waals surface area contributed by atoms with E-state index < -0.39 is 52.4 Å². The fourth-order valence-electron chi connectivity index (χ4n) is 2.67. The van der Waals surface area contributed by atoms with Gasteiger partial charge in [-0.15, -0.1) is 0 Å². The molecule has 1 aliphatic rings. The Morgan fingerprint density at radius 2 is 1.96 bits per heavy atom. The van der Waals surface area contributed by atoms with E-state index in [9.17, 15) is 19.0 Å². The Balaban J connectivity index is 1.97. The summed E-state index contributed by atoms with van der Waals surface area (Å²) >= 11 is 0. The van der Waals surface area contributed by atoms with Crippen LogP contribution in [0.4, 0.5) is 5.95 Å². The molecule has 0 saturated carbocycles. The van der Waals surface area contributed by atoms with Gasteiger partial charge in [-0.3, -0.25) is 23.4 Å². The zero-order chi connectivity index (χ0) is 20.9. The first-order valence-corrected chi connectivity index (χ1v) is 10.4. The monoisotopic (exact) mass is 443 g/mol. The van der Waals surface area contributed by atoms with E-state index in [1.807, 2.05) is 0 Å². The molecule has 1 saturated heterocycles. The second-order valence-corrected chi connectivity index (χ2v) is 8.11. The third kappa shape index (κ3) is 4.47. The summed E-state index contributed by atoms with van der Waals surface area (Å²) in [5, 5.41) is 10.4. The van der Waals surface area contributed by atoms with Gasteiger partial charge in [0.25, 0.3) is 5.56 Å². The van der Waals surface area contributed by atoms with Gasteiger partial charge < -0.3 is 35.2 Å². The molecular formula is C10H15N5O11P2. The summed E-state index contributed by atoms with van der Waals surface area (Å²) < 4.78 is 37.3. The number of aliphatic hydroxyl groups excluding tert-OH is 1. The van der Waals surface area contributed by atoms with E-state index >= 15 is 0 Å². The molecule has 2 aromatic heterocycles. The van der Waals surface area contributed by atoms with Gasteiger partial charge in [-0.2, -0.15) is 4.98 Å². The van der Waals surface area contributed by atoms with Gasteiger partial charge >= 0.3 is 15.6 Å². The van der Waals surface area contributed by atoms with Crippen LogP contribution in [0.1, 0.15) is 6.23 Å². The van der Waals surface area contributed by atoms with Gasteiger partial charge in [0.15, 0.2) is 17.4 Å². The first kappa shape index (κ1) is 21.0. The summed E-state index contributed by atoms with van der Waals surface area (Å²) in [5.74, 6) is -0.267. The third-order valence-electron chi connectivity index (χ3n) is 3.70. The van der Waals surface area contributed by atoms with Crippen LogP contribution in [0.5, 0.6) is 0 Å². The number of nitrogens with one attached hydrogen (secondary N) is 1. The highest BCUT2D eigenvalue weighted by Gasteiger charge is 2.49. The lowest BCUT2D eigenvalue weighted by molar-refractivity contribution is -0.0502. The van der Waals surface area contributed by atoms with Crippen LogP contribution in [0.15, 0.2) is 11.1 Å². The summed E-state index contributed by atoms with van der Waals surface area (Å²) in [4.78, 5) is 57.4. The molecule has 156 valence electrons. The first-order chi connectivity index (χ1) is 12.9. The fourth-order valence-corrected chi connectivity index (χ4v) is 3.59. The number of hydrogen-bond acceptors (Lipinski definition) is 10. The van der Waals surface area contributed by atoms with Gasteiger partial charge in [0, 0.05) is 0 Å². The summed E-state index contributed by atoms with van der Waals surface area (Å²) in [5.41, 5.74) is 4.52. The molecule has 4 atom stereocenters. The number of nitrogen functional groups attached to an aromatic ring is 1. The van der Waals surface area contributed by atoms with E-state index in [1.54, 1.807) is 0 Å². The number of aromatic amines is 1. The Kier molecular flexibility index (Phi) is 5.46. The topological polar surface area (TPSA) is 253 Å². The SMILES string of the molecule is Nc1nc2c(ncn2[C@@H]2O[C@@H](COP(=O)(O)O)[C@@H](OP(=O)(O)O)[C@H]2O)c(=O)[nH]1. The maximum atomic E-state index is 11.8. The molecule has 1 fully saturated rings. The second-order valence-electron chi connectivity index (χ2n) is 5.68. The van der Waals surface area contributed by atoms with Gasteiger partial charge in [-0.1, -0.05) is 0 Å². The maximum Gasteiger partial charge on any atom is 0.470 e. The minimum absolute atomic E-state index is 0.114. The van der Waals surface area contributed by atoms with Crippen LogP contribution in [0, 0.1) is 0 Å². The van der Waals surface area contributed by atoms with Crippen molar-refractivity contribution in [3.8, 4) is 0 Å². The maximum absolute atomic E-state index is 11.8. The van der Waals surface area contributed by atoms with Crippen molar-refractivity contribution in [3.05, 3.63) is 16.7 Å². The summed E-state index contributed by atoms with van der Waals surface area (Å²) in [6, 6.07) is 0. The molecule has 0 bridgehead atoms. The van der Waals surface area contributed by atoms with E-state index in [0.717, 1.165) is 10.9 Å². The predicted octanol–water partition coefficient (Wildman–Crippen LogP) is -2.45. The number of nitrogens with zero attached hydrogens (tertiary/aromatic N) is 3. The van der Waals surface area contributed by atoms with Crippen molar-refractivity contribution < 1.29 is 47.6 Å². The quantitative estimate of drug-likeness (QED) is 0.229. The van der Waals surface area contributed by atoms with Crippen molar-refractivity contribution in [2.75, 3.05) is 12.3 Å². The Bertz CT molecular complexity index is 1030. The lowest BCUT2D eigenvalue weighted by Gasteiger charge is -2.20. The number of nitrogens with two attached hydrogens (primary N) is 1. The molecule has 3 heterocycles. The Labute approximate surface area is 154 Å². The van der Waals surface area contributed by atoms with E-state index in [2.05, 4.69) is 24.0 Å². The highest BCUT2D eigenvalue weighted by Crippen LogP contribution is 2.45. The number of rotatable bonds is 6. The highest BCUT2D eigenvalue weighted by atomic mass is 31.2. The zero-order valence-electron chi connectivity index (χ0n) is 13.6. The number of anilines is 1. The Hall–Kier alpha value is -1.71. The van der Waals surface area contributed by atoms with Crippen molar-refractivity contribution in [3.63, 3.8) is 0 Å². The van der Waals surface area contributed by atoms with Gasteiger partial charge in [0.2, 0.25) is 5.95 Å². The molecule has 0 radical (unpaired) electrons. The van der Waals surface area contributed by atoms with Gasteiger partial charge in [-0.25, -0.2) is 14.1 Å². The molecule has 8 N–H and O–H groups in total. The normalized spacial score (nSPS) is 26.2. The molecule has 0 amide bonds. The van der Waals surface area contributed by atoms with E-state index in [1.165, 1.54) is 0 Å². The molecule has 1 aliphatic heterocycles. The molecule has 28 heavy (non-hydrogen) atoms. The standard InChI is InChI=1S/C10H15N5O11P2/c11-10-13-7-4(8(17)14-10)12-2-15(7)9-5(16)6(26-28(21,22)23)3(25-9)1-24-27(18,19)20/h2-3,5-6,9,16H,1H2,(H2,18,19,20)(H2,21,22,23)(H3,11,13,14,17)/t3-,5+,6+,9+/m0/s1. The van der Waals surface area contributed by atoms with Crippen molar-refractivity contribution in [2.24, 2.45) is 0 Å². The van der Waals surface area contributed by atoms with Crippen molar-refractivity contribution in [1.29, 1.82) is 0 Å². The number of ether oxygens (including phenoxy) is 1. The van der Waals surface area contributed by atoms with Crippen LogP contribution in [-0.4, -0.2) is 69.1 Å². The average Bonchev–Trinajstić information content (AvgIpc) is 3.06. The number of aliphatic hydroxyl groups is 1. The average molecular weight is 443 g/mol. The first-order valence-electron chi connectivity index (χ1n) is 7.35. The van der Waals surface area contributed by atoms with E-state index in [4.69, 9.17) is 30.0 Å². The van der Waals surface area contributed by atoms with Crippen molar-refractivity contribution in [1.82, 2.24) is 19.5 Å². The van der Waals surface area contributed by atoms with E-state index in [0.29, 0.717) is 0 Å². The number of phosphoric acid groups is 2. The summed E-state index contributed by atoms with van der Waals surface area (Å²) in [6.07, 6.45) is -5.40. The van der Waals surface area contributed by atoms with Crippen LogP contribution in [0.3, 0.4) is 0 Å². The second kappa shape index (κ2) is 7.27. The van der Waals surface area contributed by atoms with Gasteiger partial charge in [0.1, 0.15) is 18.3 Å². The van der Waals surface area contributed by atoms with Crippen LogP contribution in [0.25, 0.3) is 11.2 Å². The number of fused-ring (bicyclic) bond motifs is 1. The molecule has 3 rings (SSSR count). The summed E-state index contributed by atoms with van der Waals surface area (Å²) in [6.45, 7) is -0.870. The number of aromatic nitrogens is 4. The molecule has 0 spiro atoms. The molecule has 2 aromatic rings. The molecule has 16 nitrogen and oxygen atoms in total. The van der Waals surface area contributed by atoms with E-state index in [-0.39, 0.29) is 17.1 Å². The molecule has 0 aromatic carbocycles. The van der Waals surface area contributed by atoms with Crippen LogP contribution >= 0.6 is 15.6 Å². The zero-order valence-corrected chi connectivity index (χ0v) is 15.4. The third-order valence-corrected chi connectivity index (χ3v) is 4.70. The minimum atomic E-state index is -5.13. The lowest BCUT2D eigenvalue weighted by atomic mass is 10.1. The fraction of sp³-hybridized carbons (Fsp3) is 0.500. The smallest absolute Gasteiger partial charge is 0.386 e. The molecule has 18 heteroatoms. The number of hydrogen-bond donors (Lipinski definition) is 7. The number of phosphoric ester groups is 2. The predicted molar refractivity (Wildman–Crippen MR) is 87.4 cm³/mol. The molecular weight excluding hydrogens is 428 g/mol. The molecule has 0 aliphatic carbocycles. The van der Waals surface area contributed by atoms with Gasteiger partial charge in [0.05, 0.1) is 12.9 Å². The number of H-pyrrole nitrogens is 1. The number of imidazole rings is 1. The van der Waals surface area contributed by atoms with Crippen molar-refractivity contribution >= 4 is 32.8 Å². The Morgan fingerprint density at radius 3 is 2.57 bits per heavy atom. The van der Waals surface area contributed by atoms with Crippen LogP contribution in [0.2, 0.25) is 0 Å². The highest BCUT2D eigenvalue weighted by molar-refractivity contribution is 7.46. The molecule has 0 unspecified atom stereocenters. The van der Waals surface area contributed by atoms with Gasteiger partial charge in [-0.05, 0) is 0 Å². The van der Waals surface area contributed by atoms with Crippen LogP contribution in [-0.2, 0) is 22.9 Å². The minimum Gasteiger partial charge on any atom is -0.386 e. The van der Waals surface area contributed by atoms with Crippen LogP contribution < -0.4 is 11.3 Å².